The molecule has 1 aliphatic rings. The van der Waals surface area contributed by atoms with Crippen LogP contribution in [0.15, 0.2) is 16.5 Å². The number of nitrogens with two attached hydrogens (primary N) is 1. The monoisotopic (exact) mass is 195 g/mol. The number of rotatable bonds is 3. The molecule has 14 heavy (non-hydrogen) atoms. The second-order valence-corrected chi connectivity index (χ2v) is 3.53. The van der Waals surface area contributed by atoms with Gasteiger partial charge >= 0.3 is 5.97 Å². The Morgan fingerprint density at radius 2 is 2.50 bits per heavy atom. The molecule has 2 rings (SSSR count). The summed E-state index contributed by atoms with van der Waals surface area (Å²) in [6.45, 7) is 0.679. The van der Waals surface area contributed by atoms with Gasteiger partial charge in [0.1, 0.15) is 5.76 Å². The highest BCUT2D eigenvalue weighted by atomic mass is 16.5. The molecule has 0 radical (unpaired) electrons. The molecule has 1 saturated carbocycles. The van der Waals surface area contributed by atoms with Crippen LogP contribution < -0.4 is 5.73 Å². The Kier molecular flexibility index (Phi) is 2.29. The highest BCUT2D eigenvalue weighted by Gasteiger charge is 2.39. The second kappa shape index (κ2) is 3.46. The number of methoxy groups -OCH3 is 1. The van der Waals surface area contributed by atoms with E-state index in [-0.39, 0.29) is 5.76 Å². The largest absolute Gasteiger partial charge is 0.463 e. The van der Waals surface area contributed by atoms with Crippen molar-refractivity contribution in [3.63, 3.8) is 0 Å². The van der Waals surface area contributed by atoms with E-state index in [0.29, 0.717) is 18.4 Å². The molecular weight excluding hydrogens is 182 g/mol. The second-order valence-electron chi connectivity index (χ2n) is 3.53. The third-order valence-electron chi connectivity index (χ3n) is 2.60. The number of hydrogen-bond acceptors (Lipinski definition) is 4. The quantitative estimate of drug-likeness (QED) is 0.734. The molecule has 1 fully saturated rings. The van der Waals surface area contributed by atoms with Crippen LogP contribution >= 0.6 is 0 Å². The molecule has 0 amide bonds. The fraction of sp³-hybridized carbons (Fsp3) is 0.500. The molecule has 76 valence electrons. The number of furan rings is 1. The van der Waals surface area contributed by atoms with Crippen molar-refractivity contribution in [1.29, 1.82) is 0 Å². The van der Waals surface area contributed by atoms with E-state index in [1.165, 1.54) is 7.11 Å². The summed E-state index contributed by atoms with van der Waals surface area (Å²) in [6.07, 6.45) is 1.06. The smallest absolute Gasteiger partial charge is 0.373 e. The van der Waals surface area contributed by atoms with Crippen molar-refractivity contribution in [2.45, 2.75) is 12.3 Å². The lowest BCUT2D eigenvalue weighted by Gasteiger charge is -1.94. The minimum atomic E-state index is -0.429. The molecule has 0 unspecified atom stereocenters. The van der Waals surface area contributed by atoms with Crippen LogP contribution in [0, 0.1) is 5.92 Å². The van der Waals surface area contributed by atoms with Crippen LogP contribution in [0.3, 0.4) is 0 Å². The van der Waals surface area contributed by atoms with Gasteiger partial charge in [0.25, 0.3) is 0 Å². The van der Waals surface area contributed by atoms with Gasteiger partial charge in [-0.1, -0.05) is 0 Å². The van der Waals surface area contributed by atoms with Gasteiger partial charge in [0.2, 0.25) is 5.76 Å². The molecular formula is C10H13NO3. The van der Waals surface area contributed by atoms with E-state index in [9.17, 15) is 4.79 Å². The van der Waals surface area contributed by atoms with Gasteiger partial charge in [-0.2, -0.15) is 0 Å². The summed E-state index contributed by atoms with van der Waals surface area (Å²) < 4.78 is 9.91. The van der Waals surface area contributed by atoms with Crippen molar-refractivity contribution in [2.24, 2.45) is 11.7 Å². The molecule has 1 heterocycles. The Hall–Kier alpha value is -1.29. The fourth-order valence-electron chi connectivity index (χ4n) is 1.62. The highest BCUT2D eigenvalue weighted by molar-refractivity contribution is 5.86. The summed E-state index contributed by atoms with van der Waals surface area (Å²) in [7, 11) is 1.34. The van der Waals surface area contributed by atoms with Crippen LogP contribution in [-0.4, -0.2) is 19.6 Å². The SMILES string of the molecule is COC(=O)c1ccc([C@@H]2C[C@H]2CN)o1. The number of carbonyl (C=O) groups is 1. The first kappa shape index (κ1) is 9.27. The summed E-state index contributed by atoms with van der Waals surface area (Å²) in [4.78, 5) is 11.1. The number of hydrogen-bond donors (Lipinski definition) is 1. The summed E-state index contributed by atoms with van der Waals surface area (Å²) in [6, 6.07) is 3.47. The van der Waals surface area contributed by atoms with E-state index in [2.05, 4.69) is 4.74 Å². The minimum Gasteiger partial charge on any atom is -0.463 e. The van der Waals surface area contributed by atoms with Gasteiger partial charge in [0.15, 0.2) is 0 Å². The number of ether oxygens (including phenoxy) is 1. The number of esters is 1. The van der Waals surface area contributed by atoms with Crippen LogP contribution in [0.1, 0.15) is 28.7 Å². The van der Waals surface area contributed by atoms with Gasteiger partial charge in [0.05, 0.1) is 7.11 Å². The van der Waals surface area contributed by atoms with E-state index in [4.69, 9.17) is 10.2 Å². The van der Waals surface area contributed by atoms with Crippen LogP contribution in [0.25, 0.3) is 0 Å². The van der Waals surface area contributed by atoms with Gasteiger partial charge < -0.3 is 14.9 Å². The van der Waals surface area contributed by atoms with Gasteiger partial charge in [-0.15, -0.1) is 0 Å². The van der Waals surface area contributed by atoms with Crippen molar-refractivity contribution in [3.05, 3.63) is 23.7 Å². The molecule has 0 aromatic carbocycles. The first-order valence-electron chi connectivity index (χ1n) is 4.64. The lowest BCUT2D eigenvalue weighted by molar-refractivity contribution is 0.0563. The van der Waals surface area contributed by atoms with Gasteiger partial charge in [-0.25, -0.2) is 4.79 Å². The number of carbonyl (C=O) groups excluding carboxylic acids is 1. The average molecular weight is 195 g/mol. The standard InChI is InChI=1S/C10H13NO3/c1-13-10(12)9-3-2-8(14-9)7-4-6(7)5-11/h2-3,6-7H,4-5,11H2,1H3/t6-,7+/m0/s1. The molecule has 1 aromatic heterocycles. The summed E-state index contributed by atoms with van der Waals surface area (Å²) in [5, 5.41) is 0. The molecule has 0 saturated heterocycles. The first-order valence-corrected chi connectivity index (χ1v) is 4.64. The third-order valence-corrected chi connectivity index (χ3v) is 2.60. The van der Waals surface area contributed by atoms with E-state index in [1.807, 2.05) is 6.07 Å². The Morgan fingerprint density at radius 1 is 1.71 bits per heavy atom. The molecule has 0 aliphatic heterocycles. The maximum atomic E-state index is 11.1. The van der Waals surface area contributed by atoms with E-state index < -0.39 is 5.97 Å². The first-order chi connectivity index (χ1) is 6.76. The molecule has 4 heteroatoms. The maximum Gasteiger partial charge on any atom is 0.373 e. The van der Waals surface area contributed by atoms with Crippen LogP contribution in [0.2, 0.25) is 0 Å². The third kappa shape index (κ3) is 1.53. The minimum absolute atomic E-state index is 0.269. The van der Waals surface area contributed by atoms with Gasteiger partial charge in [-0.3, -0.25) is 0 Å². The zero-order valence-electron chi connectivity index (χ0n) is 8.03. The van der Waals surface area contributed by atoms with Crippen molar-refractivity contribution < 1.29 is 13.9 Å². The Balaban J connectivity index is 2.07. The lowest BCUT2D eigenvalue weighted by atomic mass is 10.2. The molecule has 0 bridgehead atoms. The predicted octanol–water partition coefficient (Wildman–Crippen LogP) is 1.13. The predicted molar refractivity (Wildman–Crippen MR) is 49.9 cm³/mol. The fourth-order valence-corrected chi connectivity index (χ4v) is 1.62. The zero-order chi connectivity index (χ0) is 10.1. The van der Waals surface area contributed by atoms with Gasteiger partial charge in [0, 0.05) is 5.92 Å². The van der Waals surface area contributed by atoms with E-state index in [1.54, 1.807) is 6.07 Å². The lowest BCUT2D eigenvalue weighted by Crippen LogP contribution is -2.01. The van der Waals surface area contributed by atoms with Crippen LogP contribution in [-0.2, 0) is 4.74 Å². The molecule has 2 N–H and O–H groups in total. The summed E-state index contributed by atoms with van der Waals surface area (Å²) >= 11 is 0. The van der Waals surface area contributed by atoms with Crippen molar-refractivity contribution in [3.8, 4) is 0 Å². The van der Waals surface area contributed by atoms with Crippen LogP contribution in [0.5, 0.6) is 0 Å². The Bertz CT molecular complexity index is 345. The molecule has 1 aromatic rings. The van der Waals surface area contributed by atoms with E-state index in [0.717, 1.165) is 12.2 Å². The molecule has 4 nitrogen and oxygen atoms in total. The van der Waals surface area contributed by atoms with Crippen molar-refractivity contribution >= 4 is 5.97 Å². The Labute approximate surface area is 82.0 Å². The summed E-state index contributed by atoms with van der Waals surface area (Å²) in [5.74, 6) is 1.61. The van der Waals surface area contributed by atoms with E-state index >= 15 is 0 Å². The maximum absolute atomic E-state index is 11.1. The normalized spacial score (nSPS) is 24.7. The van der Waals surface area contributed by atoms with Crippen molar-refractivity contribution in [2.75, 3.05) is 13.7 Å². The molecule has 1 aliphatic carbocycles. The Morgan fingerprint density at radius 3 is 3.07 bits per heavy atom. The van der Waals surface area contributed by atoms with Crippen molar-refractivity contribution in [1.82, 2.24) is 0 Å². The summed E-state index contributed by atoms with van der Waals surface area (Å²) in [5.41, 5.74) is 5.52. The van der Waals surface area contributed by atoms with Crippen LogP contribution in [0.4, 0.5) is 0 Å². The molecule has 0 spiro atoms. The van der Waals surface area contributed by atoms with Gasteiger partial charge in [-0.05, 0) is 31.0 Å². The highest BCUT2D eigenvalue weighted by Crippen LogP contribution is 2.47. The zero-order valence-corrected chi connectivity index (χ0v) is 8.03. The topological polar surface area (TPSA) is 65.5 Å². The average Bonchev–Trinajstić information content (AvgIpc) is 2.85. The molecule has 2 atom stereocenters.